The van der Waals surface area contributed by atoms with Gasteiger partial charge in [-0.3, -0.25) is 4.90 Å². The fourth-order valence-electron chi connectivity index (χ4n) is 5.21. The molecule has 5 rings (SSSR count). The van der Waals surface area contributed by atoms with Crippen LogP contribution >= 0.6 is 11.6 Å². The van der Waals surface area contributed by atoms with Crippen molar-refractivity contribution >= 4 is 11.6 Å². The lowest BCUT2D eigenvalue weighted by Gasteiger charge is -2.38. The van der Waals surface area contributed by atoms with Crippen LogP contribution in [0.5, 0.6) is 5.75 Å². The first kappa shape index (κ1) is 27.7. The van der Waals surface area contributed by atoms with Crippen LogP contribution in [0.3, 0.4) is 0 Å². The van der Waals surface area contributed by atoms with Crippen molar-refractivity contribution in [3.05, 3.63) is 82.4 Å². The summed E-state index contributed by atoms with van der Waals surface area (Å²) in [6, 6.07) is 9.68. The van der Waals surface area contributed by atoms with Gasteiger partial charge in [-0.1, -0.05) is 48.0 Å². The lowest BCUT2D eigenvalue weighted by molar-refractivity contribution is -0.376. The maximum Gasteiger partial charge on any atom is 0.430 e. The molecule has 2 aromatic carbocycles. The molecular formula is C27H22ClF7N2O2. The molecule has 12 heteroatoms. The van der Waals surface area contributed by atoms with Crippen molar-refractivity contribution in [2.45, 2.75) is 49.4 Å². The number of benzene rings is 2. The minimum absolute atomic E-state index is 0.0706. The number of ether oxygens (including phenoxy) is 1. The average molecular weight is 575 g/mol. The van der Waals surface area contributed by atoms with E-state index in [4.69, 9.17) is 16.3 Å². The molecule has 0 bridgehead atoms. The second-order valence-electron chi connectivity index (χ2n) is 9.95. The molecule has 1 N–H and O–H groups in total. The SMILES string of the molecule is OC(c1ccc(-c2ccc(CN3CCC4(CC3)Cc3cc(Cl)ncc3O4)cc2)c(F)c1)(C(F)(F)F)C(F)(F)F. The molecule has 0 unspecified atom stereocenters. The van der Waals surface area contributed by atoms with Crippen LogP contribution in [0.15, 0.2) is 54.7 Å². The molecule has 1 spiro atoms. The maximum atomic E-state index is 14.7. The van der Waals surface area contributed by atoms with Crippen LogP contribution in [0.25, 0.3) is 11.1 Å². The molecule has 2 aliphatic rings. The fourth-order valence-corrected chi connectivity index (χ4v) is 5.39. The van der Waals surface area contributed by atoms with E-state index < -0.39 is 29.3 Å². The Labute approximate surface area is 224 Å². The minimum atomic E-state index is -6.09. The summed E-state index contributed by atoms with van der Waals surface area (Å²) in [6.45, 7) is 2.14. The third-order valence-corrected chi connectivity index (χ3v) is 7.61. The Morgan fingerprint density at radius 2 is 1.59 bits per heavy atom. The quantitative estimate of drug-likeness (QED) is 0.274. The lowest BCUT2D eigenvalue weighted by atomic mass is 9.87. The van der Waals surface area contributed by atoms with Crippen LogP contribution < -0.4 is 4.74 Å². The molecule has 1 fully saturated rings. The summed E-state index contributed by atoms with van der Waals surface area (Å²) in [5, 5.41) is 9.95. The normalized spacial score (nSPS) is 17.8. The van der Waals surface area contributed by atoms with E-state index in [1.807, 2.05) is 6.07 Å². The van der Waals surface area contributed by atoms with Gasteiger partial charge in [0.1, 0.15) is 22.3 Å². The molecule has 1 saturated heterocycles. The van der Waals surface area contributed by atoms with Crippen molar-refractivity contribution in [1.82, 2.24) is 9.88 Å². The standard InChI is InChI=1S/C27H22ClF7N2O2/c28-23-11-18-13-24(39-22(18)14-36-23)7-9-37(10-8-24)15-16-1-3-17(4-2-16)20-6-5-19(12-21(20)29)25(38,26(30,31)32)27(33,34)35/h1-6,11-12,14,38H,7-10,13,15H2. The predicted octanol–water partition coefficient (Wildman–Crippen LogP) is 6.82. The number of fused-ring (bicyclic) bond motifs is 1. The third-order valence-electron chi connectivity index (χ3n) is 7.40. The van der Waals surface area contributed by atoms with Crippen LogP contribution in [0.4, 0.5) is 30.7 Å². The summed E-state index contributed by atoms with van der Waals surface area (Å²) in [7, 11) is 0. The van der Waals surface area contributed by atoms with Crippen LogP contribution in [0.2, 0.25) is 5.15 Å². The molecule has 0 amide bonds. The summed E-state index contributed by atoms with van der Waals surface area (Å²) in [6.07, 6.45) is -8.17. The van der Waals surface area contributed by atoms with E-state index in [2.05, 4.69) is 9.88 Å². The first-order chi connectivity index (χ1) is 18.2. The van der Waals surface area contributed by atoms with E-state index in [0.29, 0.717) is 17.8 Å². The molecule has 0 saturated carbocycles. The second kappa shape index (κ2) is 9.64. The molecule has 4 nitrogen and oxygen atoms in total. The summed E-state index contributed by atoms with van der Waals surface area (Å²) >= 11 is 5.99. The van der Waals surface area contributed by atoms with Gasteiger partial charge in [-0.25, -0.2) is 9.37 Å². The number of aromatic nitrogens is 1. The largest absolute Gasteiger partial charge is 0.485 e. The van der Waals surface area contributed by atoms with Gasteiger partial charge in [0.15, 0.2) is 0 Å². The molecule has 0 atom stereocenters. The van der Waals surface area contributed by atoms with Crippen molar-refractivity contribution < 1.29 is 40.6 Å². The van der Waals surface area contributed by atoms with Gasteiger partial charge in [0.2, 0.25) is 0 Å². The van der Waals surface area contributed by atoms with Crippen LogP contribution in [0.1, 0.15) is 29.5 Å². The third kappa shape index (κ3) is 5.07. The molecule has 0 aliphatic carbocycles. The molecule has 2 aliphatic heterocycles. The van der Waals surface area contributed by atoms with Gasteiger partial charge in [-0.05, 0) is 23.3 Å². The highest BCUT2D eigenvalue weighted by Gasteiger charge is 2.71. The van der Waals surface area contributed by atoms with E-state index in [1.54, 1.807) is 30.5 Å². The Balaban J connectivity index is 1.25. The van der Waals surface area contributed by atoms with Gasteiger partial charge >= 0.3 is 12.4 Å². The molecule has 0 radical (unpaired) electrons. The van der Waals surface area contributed by atoms with Crippen LogP contribution in [-0.4, -0.2) is 46.0 Å². The molecular weight excluding hydrogens is 553 g/mol. The highest BCUT2D eigenvalue weighted by molar-refractivity contribution is 6.29. The smallest absolute Gasteiger partial charge is 0.430 e. The van der Waals surface area contributed by atoms with E-state index >= 15 is 0 Å². The monoisotopic (exact) mass is 574 g/mol. The predicted molar refractivity (Wildman–Crippen MR) is 129 cm³/mol. The number of piperidine rings is 1. The van der Waals surface area contributed by atoms with Crippen molar-refractivity contribution in [3.63, 3.8) is 0 Å². The lowest BCUT2D eigenvalue weighted by Crippen LogP contribution is -2.53. The van der Waals surface area contributed by atoms with Gasteiger partial charge in [-0.2, -0.15) is 26.3 Å². The molecule has 3 heterocycles. The number of halogens is 8. The first-order valence-electron chi connectivity index (χ1n) is 12.0. The Kier molecular flexibility index (Phi) is 6.84. The zero-order chi connectivity index (χ0) is 28.2. The topological polar surface area (TPSA) is 45.6 Å². The van der Waals surface area contributed by atoms with Crippen LogP contribution in [-0.2, 0) is 18.6 Å². The number of aliphatic hydroxyl groups is 1. The molecule has 1 aromatic heterocycles. The van der Waals surface area contributed by atoms with Gasteiger partial charge < -0.3 is 9.84 Å². The second-order valence-corrected chi connectivity index (χ2v) is 10.3. The average Bonchev–Trinajstić information content (AvgIpc) is 3.21. The Morgan fingerprint density at radius 3 is 2.18 bits per heavy atom. The van der Waals surface area contributed by atoms with Crippen molar-refractivity contribution in [3.8, 4) is 16.9 Å². The van der Waals surface area contributed by atoms with E-state index in [-0.39, 0.29) is 22.8 Å². The Morgan fingerprint density at radius 1 is 0.949 bits per heavy atom. The number of nitrogens with zero attached hydrogens (tertiary/aromatic N) is 2. The van der Waals surface area contributed by atoms with E-state index in [0.717, 1.165) is 55.3 Å². The van der Waals surface area contributed by atoms with Gasteiger partial charge in [-0.15, -0.1) is 0 Å². The summed E-state index contributed by atoms with van der Waals surface area (Å²) in [5.41, 5.74) is -5.09. The van der Waals surface area contributed by atoms with E-state index in [1.165, 1.54) is 0 Å². The van der Waals surface area contributed by atoms with Crippen LogP contribution in [0, 0.1) is 5.82 Å². The van der Waals surface area contributed by atoms with Gasteiger partial charge in [0.25, 0.3) is 5.60 Å². The molecule has 3 aromatic rings. The molecule has 39 heavy (non-hydrogen) atoms. The maximum absolute atomic E-state index is 14.7. The van der Waals surface area contributed by atoms with E-state index in [9.17, 15) is 35.8 Å². The zero-order valence-electron chi connectivity index (χ0n) is 20.2. The van der Waals surface area contributed by atoms with Gasteiger partial charge in [0.05, 0.1) is 6.20 Å². The van der Waals surface area contributed by atoms with Crippen molar-refractivity contribution in [2.24, 2.45) is 0 Å². The minimum Gasteiger partial charge on any atom is -0.485 e. The number of hydrogen-bond donors (Lipinski definition) is 1. The summed E-state index contributed by atoms with van der Waals surface area (Å²) in [4.78, 5) is 6.31. The number of likely N-dealkylation sites (tertiary alicyclic amines) is 1. The zero-order valence-corrected chi connectivity index (χ0v) is 21.0. The fraction of sp³-hybridized carbons (Fsp3) is 0.370. The number of pyridine rings is 1. The number of hydrogen-bond acceptors (Lipinski definition) is 4. The highest BCUT2D eigenvalue weighted by Crippen LogP contribution is 2.50. The molecule has 208 valence electrons. The van der Waals surface area contributed by atoms with Crippen molar-refractivity contribution in [2.75, 3.05) is 13.1 Å². The Bertz CT molecular complexity index is 1350. The van der Waals surface area contributed by atoms with Crippen molar-refractivity contribution in [1.29, 1.82) is 0 Å². The summed E-state index contributed by atoms with van der Waals surface area (Å²) in [5.74, 6) is -0.562. The first-order valence-corrected chi connectivity index (χ1v) is 12.4. The summed E-state index contributed by atoms with van der Waals surface area (Å²) < 4.78 is 99.7. The number of rotatable bonds is 4. The highest BCUT2D eigenvalue weighted by atomic mass is 35.5. The number of alkyl halides is 6. The Hall–Kier alpha value is -2.89. The van der Waals surface area contributed by atoms with Gasteiger partial charge in [0, 0.05) is 55.6 Å².